The molecule has 5 nitrogen and oxygen atoms in total. The zero-order chi connectivity index (χ0) is 11.7. The highest BCUT2D eigenvalue weighted by Gasteiger charge is 2.23. The van der Waals surface area contributed by atoms with Crippen LogP contribution in [-0.2, 0) is 4.74 Å². The normalized spacial score (nSPS) is 18.1. The second-order valence-electron chi connectivity index (χ2n) is 3.85. The molecule has 5 heteroatoms. The molecule has 88 valence electrons. The molecule has 0 amide bonds. The van der Waals surface area contributed by atoms with Crippen LogP contribution in [0.5, 0.6) is 11.5 Å². The molecule has 17 heavy (non-hydrogen) atoms. The zero-order valence-corrected chi connectivity index (χ0v) is 9.42. The fourth-order valence-corrected chi connectivity index (χ4v) is 1.61. The first-order valence-corrected chi connectivity index (χ1v) is 5.39. The maximum atomic E-state index is 5.65. The molecule has 0 aliphatic carbocycles. The number of hydrogen-bond donors (Lipinski definition) is 0. The molecule has 0 spiro atoms. The van der Waals surface area contributed by atoms with Crippen molar-refractivity contribution in [3.05, 3.63) is 24.7 Å². The van der Waals surface area contributed by atoms with Crippen LogP contribution in [0, 0.1) is 0 Å². The van der Waals surface area contributed by atoms with Crippen LogP contribution in [0.25, 0.3) is 10.9 Å². The van der Waals surface area contributed by atoms with E-state index in [2.05, 4.69) is 9.97 Å². The Morgan fingerprint density at radius 3 is 3.06 bits per heavy atom. The van der Waals surface area contributed by atoms with Gasteiger partial charge in [-0.05, 0) is 6.07 Å². The Balaban J connectivity index is 1.95. The van der Waals surface area contributed by atoms with E-state index in [1.165, 1.54) is 6.33 Å². The minimum Gasteiger partial charge on any atom is -0.493 e. The number of aromatic nitrogens is 2. The number of fused-ring (bicyclic) bond motifs is 1. The third-order valence-corrected chi connectivity index (χ3v) is 2.62. The fourth-order valence-electron chi connectivity index (χ4n) is 1.61. The molecule has 1 aliphatic rings. The maximum absolute atomic E-state index is 5.65. The summed E-state index contributed by atoms with van der Waals surface area (Å²) in [5.74, 6) is 1.38. The van der Waals surface area contributed by atoms with Crippen LogP contribution >= 0.6 is 0 Å². The number of nitrogens with zero attached hydrogens (tertiary/aromatic N) is 2. The van der Waals surface area contributed by atoms with E-state index in [9.17, 15) is 0 Å². The molecule has 1 fully saturated rings. The molecule has 1 aromatic carbocycles. The van der Waals surface area contributed by atoms with Crippen molar-refractivity contribution in [3.8, 4) is 11.5 Å². The Morgan fingerprint density at radius 1 is 1.41 bits per heavy atom. The summed E-state index contributed by atoms with van der Waals surface area (Å²) >= 11 is 0. The van der Waals surface area contributed by atoms with Gasteiger partial charge in [0.2, 0.25) is 0 Å². The van der Waals surface area contributed by atoms with Gasteiger partial charge in [-0.25, -0.2) is 9.97 Å². The van der Waals surface area contributed by atoms with Gasteiger partial charge in [-0.15, -0.1) is 0 Å². The summed E-state index contributed by atoms with van der Waals surface area (Å²) in [4.78, 5) is 8.16. The average Bonchev–Trinajstić information content (AvgIpc) is 3.19. The average molecular weight is 232 g/mol. The molecule has 1 aromatic heterocycles. The molecule has 2 heterocycles. The minimum atomic E-state index is 0.223. The Kier molecular flexibility index (Phi) is 2.53. The van der Waals surface area contributed by atoms with Crippen molar-refractivity contribution in [1.82, 2.24) is 9.97 Å². The molecule has 0 unspecified atom stereocenters. The molecule has 0 saturated carbocycles. The highest BCUT2D eigenvalue weighted by Crippen LogP contribution is 2.31. The summed E-state index contributed by atoms with van der Waals surface area (Å²) in [6, 6.07) is 3.73. The molecule has 0 bridgehead atoms. The van der Waals surface area contributed by atoms with E-state index in [0.29, 0.717) is 18.1 Å². The van der Waals surface area contributed by atoms with Gasteiger partial charge in [0.15, 0.2) is 11.5 Å². The Hall–Kier alpha value is -1.88. The number of benzene rings is 1. The van der Waals surface area contributed by atoms with Crippen molar-refractivity contribution >= 4 is 10.9 Å². The molecule has 0 radical (unpaired) electrons. The Morgan fingerprint density at radius 2 is 2.29 bits per heavy atom. The lowest BCUT2D eigenvalue weighted by Crippen LogP contribution is -2.05. The van der Waals surface area contributed by atoms with Gasteiger partial charge in [0.25, 0.3) is 0 Å². The number of epoxide rings is 1. The predicted octanol–water partition coefficient (Wildman–Crippen LogP) is 1.42. The largest absolute Gasteiger partial charge is 0.493 e. The van der Waals surface area contributed by atoms with Crippen LogP contribution in [0.15, 0.2) is 24.7 Å². The van der Waals surface area contributed by atoms with Gasteiger partial charge in [0.05, 0.1) is 19.2 Å². The summed E-state index contributed by atoms with van der Waals surface area (Å²) in [6.45, 7) is 1.32. The summed E-state index contributed by atoms with van der Waals surface area (Å²) in [5.41, 5.74) is 0.840. The van der Waals surface area contributed by atoms with E-state index in [1.807, 2.05) is 12.1 Å². The van der Waals surface area contributed by atoms with Crippen molar-refractivity contribution in [1.29, 1.82) is 0 Å². The lowest BCUT2D eigenvalue weighted by atomic mass is 10.2. The van der Waals surface area contributed by atoms with Crippen molar-refractivity contribution in [2.24, 2.45) is 0 Å². The van der Waals surface area contributed by atoms with Crippen molar-refractivity contribution in [2.45, 2.75) is 6.10 Å². The van der Waals surface area contributed by atoms with Gasteiger partial charge in [0, 0.05) is 17.6 Å². The van der Waals surface area contributed by atoms with Gasteiger partial charge in [-0.1, -0.05) is 0 Å². The molecule has 3 rings (SSSR count). The van der Waals surface area contributed by atoms with Gasteiger partial charge < -0.3 is 14.2 Å². The van der Waals surface area contributed by atoms with Crippen LogP contribution in [0.4, 0.5) is 0 Å². The van der Waals surface area contributed by atoms with E-state index < -0.39 is 0 Å². The van der Waals surface area contributed by atoms with E-state index in [4.69, 9.17) is 14.2 Å². The number of rotatable bonds is 4. The lowest BCUT2D eigenvalue weighted by molar-refractivity contribution is 0.252. The topological polar surface area (TPSA) is 56.8 Å². The Labute approximate surface area is 98.3 Å². The fraction of sp³-hybridized carbons (Fsp3) is 0.333. The molecule has 0 N–H and O–H groups in total. The molecule has 1 saturated heterocycles. The summed E-state index contributed by atoms with van der Waals surface area (Å²) in [7, 11) is 1.62. The first kappa shape index (κ1) is 10.3. The van der Waals surface area contributed by atoms with Crippen molar-refractivity contribution in [3.63, 3.8) is 0 Å². The standard InChI is InChI=1S/C12H12N2O3/c1-15-11-2-8-4-13-7-14-10(8)3-12(11)17-6-9-5-16-9/h2-4,7,9H,5-6H2,1H3/t9-/m1/s1. The number of ether oxygens (including phenoxy) is 3. The monoisotopic (exact) mass is 232 g/mol. The molecular formula is C12H12N2O3. The van der Waals surface area contributed by atoms with E-state index in [0.717, 1.165) is 17.5 Å². The minimum absolute atomic E-state index is 0.223. The summed E-state index contributed by atoms with van der Waals surface area (Å²) in [6.07, 6.45) is 3.49. The molecule has 1 aliphatic heterocycles. The highest BCUT2D eigenvalue weighted by molar-refractivity contribution is 5.81. The van der Waals surface area contributed by atoms with Gasteiger partial charge >= 0.3 is 0 Å². The van der Waals surface area contributed by atoms with Crippen LogP contribution in [0.1, 0.15) is 0 Å². The van der Waals surface area contributed by atoms with Gasteiger partial charge in [0.1, 0.15) is 19.0 Å². The summed E-state index contributed by atoms with van der Waals surface area (Å²) in [5, 5.41) is 0.930. The van der Waals surface area contributed by atoms with Gasteiger partial charge in [-0.3, -0.25) is 0 Å². The molecule has 2 aromatic rings. The van der Waals surface area contributed by atoms with E-state index in [1.54, 1.807) is 13.3 Å². The molecular weight excluding hydrogens is 220 g/mol. The quantitative estimate of drug-likeness (QED) is 0.746. The molecule has 1 atom stereocenters. The third-order valence-electron chi connectivity index (χ3n) is 2.62. The first-order valence-electron chi connectivity index (χ1n) is 5.39. The smallest absolute Gasteiger partial charge is 0.163 e. The van der Waals surface area contributed by atoms with Gasteiger partial charge in [-0.2, -0.15) is 0 Å². The lowest BCUT2D eigenvalue weighted by Gasteiger charge is -2.10. The van der Waals surface area contributed by atoms with E-state index >= 15 is 0 Å². The maximum Gasteiger partial charge on any atom is 0.163 e. The van der Waals surface area contributed by atoms with Crippen LogP contribution in [0.3, 0.4) is 0 Å². The zero-order valence-electron chi connectivity index (χ0n) is 9.42. The number of methoxy groups -OCH3 is 1. The second kappa shape index (κ2) is 4.18. The third kappa shape index (κ3) is 2.14. The van der Waals surface area contributed by atoms with Crippen LogP contribution in [-0.4, -0.2) is 36.4 Å². The number of hydrogen-bond acceptors (Lipinski definition) is 5. The first-order chi connectivity index (χ1) is 8.36. The van der Waals surface area contributed by atoms with E-state index in [-0.39, 0.29) is 6.10 Å². The SMILES string of the molecule is COc1cc2cncnc2cc1OC[C@H]1CO1. The van der Waals surface area contributed by atoms with Crippen molar-refractivity contribution < 1.29 is 14.2 Å². The highest BCUT2D eigenvalue weighted by atomic mass is 16.6. The summed E-state index contributed by atoms with van der Waals surface area (Å²) < 4.78 is 16.0. The predicted molar refractivity (Wildman–Crippen MR) is 61.3 cm³/mol. The van der Waals surface area contributed by atoms with Crippen molar-refractivity contribution in [2.75, 3.05) is 20.3 Å². The Bertz CT molecular complexity index is 540. The van der Waals surface area contributed by atoms with Crippen LogP contribution in [0.2, 0.25) is 0 Å². The van der Waals surface area contributed by atoms with Crippen LogP contribution < -0.4 is 9.47 Å². The second-order valence-corrected chi connectivity index (χ2v) is 3.85.